The number of nitrogens with zero attached hydrogens (tertiary/aromatic N) is 1. The first-order valence-corrected chi connectivity index (χ1v) is 4.60. The van der Waals surface area contributed by atoms with Crippen molar-refractivity contribution in [1.29, 1.82) is 0 Å². The maximum absolute atomic E-state index is 4.28. The van der Waals surface area contributed by atoms with Crippen molar-refractivity contribution in [2.24, 2.45) is 0 Å². The summed E-state index contributed by atoms with van der Waals surface area (Å²) < 4.78 is 0. The van der Waals surface area contributed by atoms with Crippen LogP contribution in [0.1, 0.15) is 0 Å². The second-order valence-electron chi connectivity index (χ2n) is 3.29. The topological polar surface area (TPSA) is 12.9 Å². The smallest absolute Gasteiger partial charge is 0.352 e. The molecule has 0 saturated heterocycles. The van der Waals surface area contributed by atoms with Crippen molar-refractivity contribution in [2.75, 3.05) is 0 Å². The fourth-order valence-electron chi connectivity index (χ4n) is 1.73. The fourth-order valence-corrected chi connectivity index (χ4v) is 1.73. The van der Waals surface area contributed by atoms with Crippen molar-refractivity contribution in [3.8, 4) is 0 Å². The number of hydrogen-bond acceptors (Lipinski definition) is 1. The molecule has 0 aliphatic heterocycles. The molecular weight excluding hydrogens is 367 g/mol. The SMILES string of the molecule is [Au+].[c-]1nc2ccccc2c2ccccc12. The first kappa shape index (κ1) is 10.4. The predicted molar refractivity (Wildman–Crippen MR) is 58.1 cm³/mol. The van der Waals surface area contributed by atoms with E-state index in [4.69, 9.17) is 0 Å². The number of fused-ring (bicyclic) bond motifs is 3. The van der Waals surface area contributed by atoms with Gasteiger partial charge in [-0.2, -0.15) is 0 Å². The molecule has 0 aliphatic rings. The summed E-state index contributed by atoms with van der Waals surface area (Å²) in [5.41, 5.74) is 1.01. The Balaban J connectivity index is 0.000000853. The molecule has 0 unspecified atom stereocenters. The standard InChI is InChI=1S/C13H8N.Au/c1-2-6-11-10(5-1)9-14-13-8-4-3-7-12(11)13;/h1-8H;/q-1;+1. The van der Waals surface area contributed by atoms with Gasteiger partial charge in [0.1, 0.15) is 0 Å². The summed E-state index contributed by atoms with van der Waals surface area (Å²) in [6.45, 7) is 0. The Morgan fingerprint density at radius 1 is 0.800 bits per heavy atom. The predicted octanol–water partition coefficient (Wildman–Crippen LogP) is 3.19. The van der Waals surface area contributed by atoms with Crippen molar-refractivity contribution in [3.05, 3.63) is 54.7 Å². The molecule has 1 aromatic heterocycles. The van der Waals surface area contributed by atoms with Gasteiger partial charge in [-0.3, -0.25) is 0 Å². The minimum atomic E-state index is 0. The summed E-state index contributed by atoms with van der Waals surface area (Å²) >= 11 is 0. The number of benzene rings is 2. The van der Waals surface area contributed by atoms with Crippen LogP contribution in [0.4, 0.5) is 0 Å². The third-order valence-corrected chi connectivity index (χ3v) is 2.42. The van der Waals surface area contributed by atoms with Gasteiger partial charge in [0.25, 0.3) is 0 Å². The van der Waals surface area contributed by atoms with Crippen LogP contribution in [0, 0.1) is 6.20 Å². The van der Waals surface area contributed by atoms with Gasteiger partial charge in [-0.25, -0.2) is 0 Å². The third kappa shape index (κ3) is 1.70. The van der Waals surface area contributed by atoms with Crippen molar-refractivity contribution in [2.45, 2.75) is 0 Å². The van der Waals surface area contributed by atoms with Crippen molar-refractivity contribution < 1.29 is 22.4 Å². The first-order chi connectivity index (χ1) is 6.95. The first-order valence-electron chi connectivity index (χ1n) is 4.60. The summed E-state index contributed by atoms with van der Waals surface area (Å²) in [6, 6.07) is 16.3. The monoisotopic (exact) mass is 375 g/mol. The molecule has 0 fully saturated rings. The summed E-state index contributed by atoms with van der Waals surface area (Å²) in [5, 5.41) is 3.49. The maximum Gasteiger partial charge on any atom is 1.00 e. The van der Waals surface area contributed by atoms with Crippen molar-refractivity contribution >= 4 is 21.7 Å². The molecule has 0 radical (unpaired) electrons. The van der Waals surface area contributed by atoms with Crippen LogP contribution < -0.4 is 0 Å². The summed E-state index contributed by atoms with van der Waals surface area (Å²) in [5.74, 6) is 0. The van der Waals surface area contributed by atoms with Crippen LogP contribution in [0.25, 0.3) is 21.7 Å². The Kier molecular flexibility index (Phi) is 2.87. The zero-order chi connectivity index (χ0) is 9.38. The van der Waals surface area contributed by atoms with Gasteiger partial charge in [0.05, 0.1) is 0 Å². The van der Waals surface area contributed by atoms with Gasteiger partial charge in [0, 0.05) is 0 Å². The quantitative estimate of drug-likeness (QED) is 0.334. The summed E-state index contributed by atoms with van der Waals surface area (Å²) in [7, 11) is 0. The number of aromatic nitrogens is 1. The Hall–Kier alpha value is -1.15. The third-order valence-electron chi connectivity index (χ3n) is 2.42. The number of hydrogen-bond donors (Lipinski definition) is 0. The minimum absolute atomic E-state index is 0. The molecule has 15 heavy (non-hydrogen) atoms. The van der Waals surface area contributed by atoms with Crippen LogP contribution in [-0.2, 0) is 22.4 Å². The molecule has 0 saturated carbocycles. The van der Waals surface area contributed by atoms with Crippen LogP contribution in [0.2, 0.25) is 0 Å². The van der Waals surface area contributed by atoms with E-state index in [1.807, 2.05) is 36.4 Å². The van der Waals surface area contributed by atoms with Crippen molar-refractivity contribution in [3.63, 3.8) is 0 Å². The molecule has 0 amide bonds. The van der Waals surface area contributed by atoms with E-state index in [9.17, 15) is 0 Å². The van der Waals surface area contributed by atoms with Gasteiger partial charge in [-0.1, -0.05) is 47.2 Å². The van der Waals surface area contributed by atoms with Crippen LogP contribution in [0.15, 0.2) is 48.5 Å². The van der Waals surface area contributed by atoms with Crippen LogP contribution in [0.3, 0.4) is 0 Å². The molecular formula is C13H8AuN. The van der Waals surface area contributed by atoms with E-state index in [2.05, 4.69) is 23.3 Å². The van der Waals surface area contributed by atoms with Gasteiger partial charge in [-0.15, -0.1) is 17.5 Å². The molecule has 0 spiro atoms. The van der Waals surface area contributed by atoms with Crippen LogP contribution >= 0.6 is 0 Å². The Bertz CT molecular complexity index is 550. The Morgan fingerprint density at radius 3 is 2.33 bits per heavy atom. The number of para-hydroxylation sites is 1. The average Bonchev–Trinajstić information content (AvgIpc) is 2.29. The van der Waals surface area contributed by atoms with Gasteiger partial charge in [0.15, 0.2) is 0 Å². The zero-order valence-corrected chi connectivity index (χ0v) is 10.0. The second-order valence-corrected chi connectivity index (χ2v) is 3.29. The molecule has 3 rings (SSSR count). The Morgan fingerprint density at radius 2 is 1.47 bits per heavy atom. The van der Waals surface area contributed by atoms with E-state index >= 15 is 0 Å². The molecule has 3 aromatic rings. The molecule has 1 heterocycles. The number of pyridine rings is 1. The molecule has 76 valence electrons. The molecule has 0 bridgehead atoms. The average molecular weight is 375 g/mol. The molecule has 2 heteroatoms. The van der Waals surface area contributed by atoms with E-state index in [0.29, 0.717) is 0 Å². The molecule has 0 atom stereocenters. The molecule has 0 N–H and O–H groups in total. The summed E-state index contributed by atoms with van der Waals surface area (Å²) in [6.07, 6.45) is 3.04. The number of rotatable bonds is 0. The second kappa shape index (κ2) is 4.15. The molecule has 2 aromatic carbocycles. The normalized spacial score (nSPS) is 10.1. The van der Waals surface area contributed by atoms with E-state index in [1.54, 1.807) is 0 Å². The zero-order valence-electron chi connectivity index (χ0n) is 7.87. The van der Waals surface area contributed by atoms with Crippen molar-refractivity contribution in [1.82, 2.24) is 4.98 Å². The van der Waals surface area contributed by atoms with Gasteiger partial charge in [-0.05, 0) is 11.7 Å². The van der Waals surface area contributed by atoms with E-state index in [1.165, 1.54) is 10.8 Å². The van der Waals surface area contributed by atoms with Crippen LogP contribution in [0.5, 0.6) is 0 Å². The van der Waals surface area contributed by atoms with Gasteiger partial charge in [0.2, 0.25) is 0 Å². The van der Waals surface area contributed by atoms with E-state index in [-0.39, 0.29) is 22.4 Å². The Labute approximate surface area is 104 Å². The molecule has 0 aliphatic carbocycles. The largest absolute Gasteiger partial charge is 1.00 e. The van der Waals surface area contributed by atoms with E-state index < -0.39 is 0 Å². The van der Waals surface area contributed by atoms with E-state index in [0.717, 1.165) is 10.9 Å². The fraction of sp³-hybridized carbons (Fsp3) is 0. The van der Waals surface area contributed by atoms with Crippen LogP contribution in [-0.4, -0.2) is 4.98 Å². The molecule has 1 nitrogen and oxygen atoms in total. The van der Waals surface area contributed by atoms with Gasteiger partial charge >= 0.3 is 22.4 Å². The maximum atomic E-state index is 4.28. The van der Waals surface area contributed by atoms with Gasteiger partial charge < -0.3 is 4.98 Å². The summed E-state index contributed by atoms with van der Waals surface area (Å²) in [4.78, 5) is 4.28. The minimum Gasteiger partial charge on any atom is -0.352 e.